The molecular formula is C16H13N3O3. The van der Waals surface area contributed by atoms with Crippen LogP contribution in [0, 0.1) is 0 Å². The van der Waals surface area contributed by atoms with Crippen LogP contribution in [0.2, 0.25) is 0 Å². The minimum absolute atomic E-state index is 0.0424. The number of amides is 1. The first-order chi connectivity index (χ1) is 10.6. The Kier molecular flexibility index (Phi) is 3.57. The van der Waals surface area contributed by atoms with Crippen molar-refractivity contribution in [3.8, 4) is 0 Å². The van der Waals surface area contributed by atoms with Crippen LogP contribution < -0.4 is 16.4 Å². The van der Waals surface area contributed by atoms with Gasteiger partial charge in [-0.2, -0.15) is 0 Å². The van der Waals surface area contributed by atoms with Gasteiger partial charge in [0.1, 0.15) is 0 Å². The molecule has 2 aromatic heterocycles. The standard InChI is InChI=1S/C16H13N3O3/c20-14-6-5-12(9-17-14)18-15(21)8-11-7-10-3-1-2-4-13(10)19-16(11)22/h1-7,9H,8H2,(H,17,20)(H,18,21)(H,19,22). The molecule has 0 radical (unpaired) electrons. The first kappa shape index (κ1) is 13.8. The number of fused-ring (bicyclic) bond motifs is 1. The lowest BCUT2D eigenvalue weighted by atomic mass is 10.1. The van der Waals surface area contributed by atoms with Crippen LogP contribution in [-0.4, -0.2) is 15.9 Å². The maximum atomic E-state index is 12.0. The minimum atomic E-state index is -0.326. The molecular weight excluding hydrogens is 282 g/mol. The highest BCUT2D eigenvalue weighted by atomic mass is 16.2. The number of carbonyl (C=O) groups is 1. The summed E-state index contributed by atoms with van der Waals surface area (Å²) in [6.07, 6.45) is 1.37. The van der Waals surface area contributed by atoms with Crippen molar-refractivity contribution in [1.82, 2.24) is 9.97 Å². The quantitative estimate of drug-likeness (QED) is 0.681. The Morgan fingerprint density at radius 3 is 2.68 bits per heavy atom. The number of benzene rings is 1. The third kappa shape index (κ3) is 2.95. The summed E-state index contributed by atoms with van der Waals surface area (Å²) in [4.78, 5) is 40.2. The molecule has 0 spiro atoms. The van der Waals surface area contributed by atoms with Gasteiger partial charge in [-0.25, -0.2) is 0 Å². The smallest absolute Gasteiger partial charge is 0.252 e. The third-order valence-corrected chi connectivity index (χ3v) is 3.25. The van der Waals surface area contributed by atoms with Gasteiger partial charge < -0.3 is 15.3 Å². The maximum Gasteiger partial charge on any atom is 0.252 e. The van der Waals surface area contributed by atoms with Crippen molar-refractivity contribution in [3.63, 3.8) is 0 Å². The number of hydrogen-bond donors (Lipinski definition) is 3. The lowest BCUT2D eigenvalue weighted by Gasteiger charge is -2.05. The second-order valence-corrected chi connectivity index (χ2v) is 4.88. The molecule has 0 saturated heterocycles. The highest BCUT2D eigenvalue weighted by Gasteiger charge is 2.09. The van der Waals surface area contributed by atoms with Gasteiger partial charge >= 0.3 is 0 Å². The van der Waals surface area contributed by atoms with Crippen molar-refractivity contribution in [3.05, 3.63) is 74.9 Å². The van der Waals surface area contributed by atoms with Crippen LogP contribution in [0.3, 0.4) is 0 Å². The second kappa shape index (κ2) is 5.69. The van der Waals surface area contributed by atoms with Crippen molar-refractivity contribution < 1.29 is 4.79 Å². The van der Waals surface area contributed by atoms with E-state index >= 15 is 0 Å². The molecule has 0 aliphatic rings. The molecule has 0 aliphatic carbocycles. The van der Waals surface area contributed by atoms with Gasteiger partial charge in [0.15, 0.2) is 0 Å². The highest BCUT2D eigenvalue weighted by Crippen LogP contribution is 2.11. The van der Waals surface area contributed by atoms with E-state index in [1.165, 1.54) is 18.3 Å². The van der Waals surface area contributed by atoms with Crippen LogP contribution in [0.25, 0.3) is 10.9 Å². The maximum absolute atomic E-state index is 12.0. The van der Waals surface area contributed by atoms with E-state index in [9.17, 15) is 14.4 Å². The average Bonchev–Trinajstić information content (AvgIpc) is 2.50. The van der Waals surface area contributed by atoms with Crippen LogP contribution in [0.1, 0.15) is 5.56 Å². The molecule has 0 fully saturated rings. The lowest BCUT2D eigenvalue weighted by Crippen LogP contribution is -2.21. The Morgan fingerprint density at radius 1 is 1.09 bits per heavy atom. The number of hydrogen-bond acceptors (Lipinski definition) is 3. The van der Waals surface area contributed by atoms with Gasteiger partial charge in [-0.05, 0) is 23.6 Å². The van der Waals surface area contributed by atoms with E-state index in [1.54, 1.807) is 12.1 Å². The number of H-pyrrole nitrogens is 2. The second-order valence-electron chi connectivity index (χ2n) is 4.88. The lowest BCUT2D eigenvalue weighted by molar-refractivity contribution is -0.115. The Bertz CT molecular complexity index is 936. The van der Waals surface area contributed by atoms with Crippen molar-refractivity contribution in [1.29, 1.82) is 0 Å². The number of aromatic nitrogens is 2. The van der Waals surface area contributed by atoms with E-state index in [1.807, 2.05) is 18.2 Å². The zero-order chi connectivity index (χ0) is 15.5. The van der Waals surface area contributed by atoms with Crippen molar-refractivity contribution in [2.75, 3.05) is 5.32 Å². The number of aromatic amines is 2. The van der Waals surface area contributed by atoms with Crippen molar-refractivity contribution in [2.24, 2.45) is 0 Å². The van der Waals surface area contributed by atoms with Crippen LogP contribution in [0.4, 0.5) is 5.69 Å². The first-order valence-corrected chi connectivity index (χ1v) is 6.71. The van der Waals surface area contributed by atoms with Crippen LogP contribution in [0.15, 0.2) is 58.3 Å². The normalized spacial score (nSPS) is 10.5. The molecule has 0 aliphatic heterocycles. The summed E-state index contributed by atoms with van der Waals surface area (Å²) in [5.41, 5.74) is 1.07. The van der Waals surface area contributed by atoms with Gasteiger partial charge in [0.2, 0.25) is 11.5 Å². The van der Waals surface area contributed by atoms with E-state index in [-0.39, 0.29) is 23.4 Å². The summed E-state index contributed by atoms with van der Waals surface area (Å²) in [5, 5.41) is 3.50. The number of anilines is 1. The Labute approximate surface area is 124 Å². The molecule has 0 saturated carbocycles. The molecule has 0 unspecified atom stereocenters. The minimum Gasteiger partial charge on any atom is -0.327 e. The molecule has 110 valence electrons. The predicted molar refractivity (Wildman–Crippen MR) is 84.0 cm³/mol. The zero-order valence-electron chi connectivity index (χ0n) is 11.6. The largest absolute Gasteiger partial charge is 0.327 e. The molecule has 3 aromatic rings. The molecule has 0 atom stereocenters. The Morgan fingerprint density at radius 2 is 1.91 bits per heavy atom. The fourth-order valence-electron chi connectivity index (χ4n) is 2.19. The summed E-state index contributed by atoms with van der Waals surface area (Å²) in [7, 11) is 0. The number of para-hydroxylation sites is 1. The average molecular weight is 295 g/mol. The van der Waals surface area contributed by atoms with Gasteiger partial charge in [-0.3, -0.25) is 14.4 Å². The molecule has 22 heavy (non-hydrogen) atoms. The molecule has 2 heterocycles. The number of pyridine rings is 2. The molecule has 6 nitrogen and oxygen atoms in total. The molecule has 3 N–H and O–H groups in total. The highest BCUT2D eigenvalue weighted by molar-refractivity contribution is 5.92. The Hall–Kier alpha value is -3.15. The number of carbonyl (C=O) groups excluding carboxylic acids is 1. The van der Waals surface area contributed by atoms with Crippen LogP contribution >= 0.6 is 0 Å². The van der Waals surface area contributed by atoms with E-state index in [2.05, 4.69) is 15.3 Å². The van der Waals surface area contributed by atoms with Gasteiger partial charge in [-0.1, -0.05) is 18.2 Å². The zero-order valence-corrected chi connectivity index (χ0v) is 11.6. The van der Waals surface area contributed by atoms with E-state index < -0.39 is 0 Å². The Balaban J connectivity index is 1.81. The van der Waals surface area contributed by atoms with Gasteiger partial charge in [-0.15, -0.1) is 0 Å². The fraction of sp³-hybridized carbons (Fsp3) is 0.0625. The van der Waals surface area contributed by atoms with E-state index in [4.69, 9.17) is 0 Å². The monoisotopic (exact) mass is 295 g/mol. The SMILES string of the molecule is O=C(Cc1cc2ccccc2[nH]c1=O)Nc1ccc(=O)[nH]c1. The number of nitrogens with one attached hydrogen (secondary N) is 3. The molecule has 1 amide bonds. The van der Waals surface area contributed by atoms with E-state index in [0.29, 0.717) is 11.3 Å². The molecule has 6 heteroatoms. The van der Waals surface area contributed by atoms with Gasteiger partial charge in [0, 0.05) is 23.3 Å². The predicted octanol–water partition coefficient (Wildman–Crippen LogP) is 1.40. The summed E-state index contributed by atoms with van der Waals surface area (Å²) in [5.74, 6) is -0.326. The topological polar surface area (TPSA) is 94.8 Å². The van der Waals surface area contributed by atoms with Gasteiger partial charge in [0.05, 0.1) is 12.1 Å². The summed E-state index contributed by atoms with van der Waals surface area (Å²) < 4.78 is 0. The third-order valence-electron chi connectivity index (χ3n) is 3.25. The van der Waals surface area contributed by atoms with Gasteiger partial charge in [0.25, 0.3) is 5.56 Å². The molecule has 1 aromatic carbocycles. The van der Waals surface area contributed by atoms with Crippen LogP contribution in [0.5, 0.6) is 0 Å². The fourth-order valence-corrected chi connectivity index (χ4v) is 2.19. The molecule has 3 rings (SSSR count). The van der Waals surface area contributed by atoms with Crippen molar-refractivity contribution in [2.45, 2.75) is 6.42 Å². The summed E-state index contributed by atoms with van der Waals surface area (Å²) in [6.45, 7) is 0. The van der Waals surface area contributed by atoms with E-state index in [0.717, 1.165) is 10.9 Å². The summed E-state index contributed by atoms with van der Waals surface area (Å²) in [6, 6.07) is 11.9. The number of rotatable bonds is 3. The van der Waals surface area contributed by atoms with Crippen molar-refractivity contribution >= 4 is 22.5 Å². The molecule has 0 bridgehead atoms. The first-order valence-electron chi connectivity index (χ1n) is 6.71. The summed E-state index contributed by atoms with van der Waals surface area (Å²) >= 11 is 0. The van der Waals surface area contributed by atoms with Crippen LogP contribution in [-0.2, 0) is 11.2 Å².